The van der Waals surface area contributed by atoms with E-state index in [1.165, 1.54) is 31.2 Å². The summed E-state index contributed by atoms with van der Waals surface area (Å²) >= 11 is 0. The second-order valence-corrected chi connectivity index (χ2v) is 8.29. The highest BCUT2D eigenvalue weighted by Gasteiger charge is 2.31. The molecule has 1 N–H and O–H groups in total. The molecule has 1 unspecified atom stereocenters. The summed E-state index contributed by atoms with van der Waals surface area (Å²) in [6.07, 6.45) is 0.899. The van der Waals surface area contributed by atoms with Gasteiger partial charge in [-0.25, -0.2) is 17.6 Å². The van der Waals surface area contributed by atoms with Crippen molar-refractivity contribution in [1.29, 1.82) is 0 Å². The fourth-order valence-corrected chi connectivity index (χ4v) is 3.92. The smallest absolute Gasteiger partial charge is 0.338 e. The summed E-state index contributed by atoms with van der Waals surface area (Å²) in [6.45, 7) is 4.96. The van der Waals surface area contributed by atoms with Crippen molar-refractivity contribution in [1.82, 2.24) is 0 Å². The molecule has 0 aliphatic heterocycles. The summed E-state index contributed by atoms with van der Waals surface area (Å²) in [6, 6.07) is 8.71. The highest BCUT2D eigenvalue weighted by Crippen LogP contribution is 2.25. The Morgan fingerprint density at radius 2 is 1.86 bits per heavy atom. The van der Waals surface area contributed by atoms with Gasteiger partial charge in [0.2, 0.25) is 15.9 Å². The Hall–Kier alpha value is -2.94. The monoisotopic (exact) mass is 422 g/mol. The molecular weight excluding hydrogens is 399 g/mol. The molecule has 1 amide bonds. The maximum Gasteiger partial charge on any atom is 0.338 e. The number of carbonyl (C=O) groups excluding carboxylic acids is 2. The largest absolute Gasteiger partial charge is 0.462 e. The Balaban J connectivity index is 2.35. The lowest BCUT2D eigenvalue weighted by Crippen LogP contribution is -2.45. The number of anilines is 2. The van der Waals surface area contributed by atoms with Crippen LogP contribution in [-0.4, -0.2) is 39.2 Å². The number of amides is 1. The van der Waals surface area contributed by atoms with E-state index in [0.29, 0.717) is 11.3 Å². The number of nitrogens with zero attached hydrogens (tertiary/aromatic N) is 1. The van der Waals surface area contributed by atoms with Gasteiger partial charge in [-0.2, -0.15) is 0 Å². The van der Waals surface area contributed by atoms with Crippen molar-refractivity contribution in [3.8, 4) is 0 Å². The minimum atomic E-state index is -3.96. The zero-order chi connectivity index (χ0) is 21.8. The molecule has 0 saturated carbocycles. The SMILES string of the molecule is CCOC(=O)c1ccc(C)c(NC(=O)C(C)N(c2ccccc2F)S(C)(=O)=O)c1. The van der Waals surface area contributed by atoms with Gasteiger partial charge in [-0.05, 0) is 50.6 Å². The molecule has 0 heterocycles. The quantitative estimate of drug-likeness (QED) is 0.692. The van der Waals surface area contributed by atoms with Crippen LogP contribution in [0.5, 0.6) is 0 Å². The molecular formula is C20H23FN2O5S. The Morgan fingerprint density at radius 3 is 2.45 bits per heavy atom. The fraction of sp³-hybridized carbons (Fsp3) is 0.300. The first-order valence-electron chi connectivity index (χ1n) is 8.88. The van der Waals surface area contributed by atoms with Crippen LogP contribution in [0.4, 0.5) is 15.8 Å². The molecule has 2 aromatic rings. The lowest BCUT2D eigenvalue weighted by Gasteiger charge is -2.28. The van der Waals surface area contributed by atoms with E-state index < -0.39 is 33.8 Å². The summed E-state index contributed by atoms with van der Waals surface area (Å²) in [5.41, 5.74) is 1.01. The molecule has 29 heavy (non-hydrogen) atoms. The fourth-order valence-electron chi connectivity index (χ4n) is 2.75. The number of rotatable bonds is 7. The summed E-state index contributed by atoms with van der Waals surface area (Å²) in [5, 5.41) is 2.61. The first-order chi connectivity index (χ1) is 13.6. The molecule has 0 aliphatic carbocycles. The average Bonchev–Trinajstić information content (AvgIpc) is 2.64. The minimum Gasteiger partial charge on any atom is -0.462 e. The third-order valence-corrected chi connectivity index (χ3v) is 5.41. The Bertz CT molecular complexity index is 1020. The van der Waals surface area contributed by atoms with E-state index in [9.17, 15) is 22.4 Å². The molecule has 0 aliphatic rings. The Kier molecular flexibility index (Phi) is 6.97. The summed E-state index contributed by atoms with van der Waals surface area (Å²) in [4.78, 5) is 24.7. The number of hydrogen-bond acceptors (Lipinski definition) is 5. The third kappa shape index (κ3) is 5.32. The van der Waals surface area contributed by atoms with Gasteiger partial charge in [-0.1, -0.05) is 18.2 Å². The number of sulfonamides is 1. The maximum absolute atomic E-state index is 14.2. The van der Waals surface area contributed by atoms with E-state index >= 15 is 0 Å². The van der Waals surface area contributed by atoms with Crippen LogP contribution in [0, 0.1) is 12.7 Å². The molecule has 156 valence electrons. The van der Waals surface area contributed by atoms with Crippen molar-refractivity contribution in [3.63, 3.8) is 0 Å². The van der Waals surface area contributed by atoms with E-state index in [4.69, 9.17) is 4.74 Å². The van der Waals surface area contributed by atoms with Crippen LogP contribution >= 0.6 is 0 Å². The van der Waals surface area contributed by atoms with Gasteiger partial charge >= 0.3 is 5.97 Å². The van der Waals surface area contributed by atoms with E-state index in [1.54, 1.807) is 26.0 Å². The van der Waals surface area contributed by atoms with Gasteiger partial charge in [-0.3, -0.25) is 9.10 Å². The maximum atomic E-state index is 14.2. The van der Waals surface area contributed by atoms with E-state index in [-0.39, 0.29) is 17.9 Å². The molecule has 0 saturated heterocycles. The van der Waals surface area contributed by atoms with Gasteiger partial charge in [0.25, 0.3) is 0 Å². The van der Waals surface area contributed by atoms with Crippen LogP contribution in [-0.2, 0) is 19.6 Å². The molecule has 9 heteroatoms. The highest BCUT2D eigenvalue weighted by molar-refractivity contribution is 7.92. The van der Waals surface area contributed by atoms with Gasteiger partial charge in [0.15, 0.2) is 0 Å². The topological polar surface area (TPSA) is 92.8 Å². The molecule has 1 atom stereocenters. The van der Waals surface area contributed by atoms with Crippen LogP contribution in [0.3, 0.4) is 0 Å². The van der Waals surface area contributed by atoms with Crippen molar-refractivity contribution in [2.45, 2.75) is 26.8 Å². The van der Waals surface area contributed by atoms with Crippen LogP contribution < -0.4 is 9.62 Å². The van der Waals surface area contributed by atoms with Gasteiger partial charge < -0.3 is 10.1 Å². The molecule has 7 nitrogen and oxygen atoms in total. The number of benzene rings is 2. The van der Waals surface area contributed by atoms with Gasteiger partial charge in [0.05, 0.1) is 24.1 Å². The highest BCUT2D eigenvalue weighted by atomic mass is 32.2. The van der Waals surface area contributed by atoms with E-state index in [0.717, 1.165) is 16.6 Å². The van der Waals surface area contributed by atoms with Crippen LogP contribution in [0.15, 0.2) is 42.5 Å². The van der Waals surface area contributed by atoms with E-state index in [2.05, 4.69) is 5.32 Å². The number of halogens is 1. The zero-order valence-corrected chi connectivity index (χ0v) is 17.4. The van der Waals surface area contributed by atoms with Crippen molar-refractivity contribution >= 4 is 33.3 Å². The molecule has 0 fully saturated rings. The Morgan fingerprint density at radius 1 is 1.21 bits per heavy atom. The molecule has 0 aromatic heterocycles. The molecule has 0 bridgehead atoms. The number of aryl methyl sites for hydroxylation is 1. The Labute approximate surface area is 169 Å². The van der Waals surface area contributed by atoms with Gasteiger partial charge in [0.1, 0.15) is 11.9 Å². The lowest BCUT2D eigenvalue weighted by molar-refractivity contribution is -0.116. The number of ether oxygens (including phenoxy) is 1. The first-order valence-corrected chi connectivity index (χ1v) is 10.7. The van der Waals surface area contributed by atoms with Crippen molar-refractivity contribution < 1.29 is 27.1 Å². The third-order valence-electron chi connectivity index (χ3n) is 4.18. The molecule has 2 rings (SSSR count). The molecule has 0 radical (unpaired) electrons. The number of esters is 1. The number of para-hydroxylation sites is 1. The predicted molar refractivity (Wildman–Crippen MR) is 109 cm³/mol. The van der Waals surface area contributed by atoms with Crippen LogP contribution in [0.25, 0.3) is 0 Å². The normalized spacial score (nSPS) is 12.2. The number of nitrogens with one attached hydrogen (secondary N) is 1. The summed E-state index contributed by atoms with van der Waals surface area (Å²) < 4.78 is 44.4. The first kappa shape index (κ1) is 22.4. The molecule has 2 aromatic carbocycles. The summed E-state index contributed by atoms with van der Waals surface area (Å²) in [7, 11) is -3.96. The van der Waals surface area contributed by atoms with Gasteiger partial charge in [-0.15, -0.1) is 0 Å². The van der Waals surface area contributed by atoms with E-state index in [1.807, 2.05) is 0 Å². The zero-order valence-electron chi connectivity index (χ0n) is 16.6. The lowest BCUT2D eigenvalue weighted by atomic mass is 10.1. The van der Waals surface area contributed by atoms with Crippen LogP contribution in [0.2, 0.25) is 0 Å². The van der Waals surface area contributed by atoms with Crippen molar-refractivity contribution in [3.05, 3.63) is 59.4 Å². The van der Waals surface area contributed by atoms with Crippen LogP contribution in [0.1, 0.15) is 29.8 Å². The minimum absolute atomic E-state index is 0.206. The standard InChI is InChI=1S/C20H23FN2O5S/c1-5-28-20(25)15-11-10-13(2)17(12-15)22-19(24)14(3)23(29(4,26)27)18-9-7-6-8-16(18)21/h6-12,14H,5H2,1-4H3,(H,22,24). The molecule has 0 spiro atoms. The number of hydrogen-bond donors (Lipinski definition) is 1. The van der Waals surface area contributed by atoms with Crippen molar-refractivity contribution in [2.24, 2.45) is 0 Å². The second-order valence-electron chi connectivity index (χ2n) is 6.43. The average molecular weight is 422 g/mol. The number of carbonyl (C=O) groups is 2. The van der Waals surface area contributed by atoms with Gasteiger partial charge in [0, 0.05) is 5.69 Å². The summed E-state index contributed by atoms with van der Waals surface area (Å²) in [5.74, 6) is -1.99. The second kappa shape index (κ2) is 9.04. The van der Waals surface area contributed by atoms with Crippen molar-refractivity contribution in [2.75, 3.05) is 22.5 Å². The predicted octanol–water partition coefficient (Wildman–Crippen LogP) is 3.10.